The molecule has 1 atom stereocenters. The van der Waals surface area contributed by atoms with Crippen molar-refractivity contribution in [2.75, 3.05) is 7.05 Å². The Labute approximate surface area is 125 Å². The lowest BCUT2D eigenvalue weighted by Crippen LogP contribution is -2.22. The molecular formula is C17H17ClN2. The van der Waals surface area contributed by atoms with Gasteiger partial charge < -0.3 is 0 Å². The van der Waals surface area contributed by atoms with Gasteiger partial charge in [-0.05, 0) is 43.3 Å². The van der Waals surface area contributed by atoms with Gasteiger partial charge in [-0.3, -0.25) is 4.90 Å². The van der Waals surface area contributed by atoms with Crippen LogP contribution in [0.3, 0.4) is 0 Å². The zero-order valence-corrected chi connectivity index (χ0v) is 12.4. The molecule has 0 aliphatic carbocycles. The molecule has 0 aliphatic rings. The molecule has 3 heteroatoms. The van der Waals surface area contributed by atoms with Gasteiger partial charge in [0.1, 0.15) is 0 Å². The van der Waals surface area contributed by atoms with Gasteiger partial charge >= 0.3 is 0 Å². The fraction of sp³-hybridized carbons (Fsp3) is 0.235. The van der Waals surface area contributed by atoms with Crippen LogP contribution in [-0.2, 0) is 6.54 Å². The molecule has 102 valence electrons. The van der Waals surface area contributed by atoms with E-state index in [1.807, 2.05) is 48.5 Å². The minimum atomic E-state index is 0.263. The lowest BCUT2D eigenvalue weighted by Gasteiger charge is -2.25. The number of nitrogens with zero attached hydrogens (tertiary/aromatic N) is 2. The molecule has 20 heavy (non-hydrogen) atoms. The van der Waals surface area contributed by atoms with Crippen molar-refractivity contribution >= 4 is 11.6 Å². The highest BCUT2D eigenvalue weighted by molar-refractivity contribution is 6.30. The molecule has 0 saturated carbocycles. The highest BCUT2D eigenvalue weighted by Crippen LogP contribution is 2.23. The van der Waals surface area contributed by atoms with Crippen LogP contribution in [0.15, 0.2) is 48.5 Å². The quantitative estimate of drug-likeness (QED) is 0.832. The second-order valence-corrected chi connectivity index (χ2v) is 5.35. The molecule has 0 heterocycles. The molecule has 0 fully saturated rings. The molecule has 0 spiro atoms. The molecule has 2 aromatic rings. The van der Waals surface area contributed by atoms with E-state index in [1.165, 1.54) is 5.56 Å². The van der Waals surface area contributed by atoms with Crippen molar-refractivity contribution in [1.82, 2.24) is 4.90 Å². The van der Waals surface area contributed by atoms with Gasteiger partial charge in [-0.2, -0.15) is 5.26 Å². The first-order valence-electron chi connectivity index (χ1n) is 6.55. The van der Waals surface area contributed by atoms with Gasteiger partial charge in [-0.15, -0.1) is 0 Å². The third-order valence-corrected chi connectivity index (χ3v) is 3.82. The van der Waals surface area contributed by atoms with Crippen LogP contribution in [0.25, 0.3) is 0 Å². The van der Waals surface area contributed by atoms with Crippen molar-refractivity contribution in [3.05, 3.63) is 70.2 Å². The van der Waals surface area contributed by atoms with E-state index in [0.29, 0.717) is 0 Å². The van der Waals surface area contributed by atoms with E-state index in [2.05, 4.69) is 24.9 Å². The molecule has 2 nitrogen and oxygen atoms in total. The highest BCUT2D eigenvalue weighted by atomic mass is 35.5. The Morgan fingerprint density at radius 2 is 1.80 bits per heavy atom. The Hall–Kier alpha value is -1.82. The monoisotopic (exact) mass is 284 g/mol. The molecule has 2 rings (SSSR count). The fourth-order valence-electron chi connectivity index (χ4n) is 2.17. The van der Waals surface area contributed by atoms with E-state index >= 15 is 0 Å². The third-order valence-electron chi connectivity index (χ3n) is 3.57. The molecule has 0 radical (unpaired) electrons. The predicted octanol–water partition coefficient (Wildman–Crippen LogP) is 4.40. The second-order valence-electron chi connectivity index (χ2n) is 4.91. The summed E-state index contributed by atoms with van der Waals surface area (Å²) in [6, 6.07) is 18.1. The first-order valence-corrected chi connectivity index (χ1v) is 6.93. The topological polar surface area (TPSA) is 27.0 Å². The van der Waals surface area contributed by atoms with E-state index in [4.69, 9.17) is 16.9 Å². The normalized spacial score (nSPS) is 12.2. The van der Waals surface area contributed by atoms with Gasteiger partial charge in [-0.25, -0.2) is 0 Å². The van der Waals surface area contributed by atoms with Gasteiger partial charge in [0.15, 0.2) is 0 Å². The van der Waals surface area contributed by atoms with Crippen molar-refractivity contribution in [3.63, 3.8) is 0 Å². The number of benzene rings is 2. The minimum Gasteiger partial charge on any atom is -0.295 e. The summed E-state index contributed by atoms with van der Waals surface area (Å²) >= 11 is 5.92. The number of rotatable bonds is 4. The molecule has 2 aromatic carbocycles. The molecular weight excluding hydrogens is 268 g/mol. The van der Waals surface area contributed by atoms with E-state index in [0.717, 1.165) is 22.7 Å². The standard InChI is InChI=1S/C17H17ClN2/c1-13(14-7-9-17(18)10-8-14)20(2)12-16-6-4-3-5-15(16)11-19/h3-10,13H,12H2,1-2H3. The predicted molar refractivity (Wildman–Crippen MR) is 82.5 cm³/mol. The number of hydrogen-bond acceptors (Lipinski definition) is 2. The second kappa shape index (κ2) is 6.56. The van der Waals surface area contributed by atoms with Gasteiger partial charge in [0.25, 0.3) is 0 Å². The largest absolute Gasteiger partial charge is 0.295 e. The molecule has 0 aliphatic heterocycles. The van der Waals surface area contributed by atoms with Gasteiger partial charge in [0, 0.05) is 17.6 Å². The lowest BCUT2D eigenvalue weighted by molar-refractivity contribution is 0.253. The Morgan fingerprint density at radius 1 is 1.15 bits per heavy atom. The number of hydrogen-bond donors (Lipinski definition) is 0. The Kier molecular flexibility index (Phi) is 4.79. The Bertz CT molecular complexity index is 614. The molecule has 0 aromatic heterocycles. The van der Waals surface area contributed by atoms with Gasteiger partial charge in [0.05, 0.1) is 11.6 Å². The summed E-state index contributed by atoms with van der Waals surface area (Å²) in [5.41, 5.74) is 3.01. The van der Waals surface area contributed by atoms with Crippen molar-refractivity contribution in [2.24, 2.45) is 0 Å². The fourth-order valence-corrected chi connectivity index (χ4v) is 2.29. The van der Waals surface area contributed by atoms with E-state index in [-0.39, 0.29) is 6.04 Å². The third kappa shape index (κ3) is 3.39. The summed E-state index contributed by atoms with van der Waals surface area (Å²) in [4.78, 5) is 2.22. The van der Waals surface area contributed by atoms with Crippen LogP contribution in [0.5, 0.6) is 0 Å². The van der Waals surface area contributed by atoms with E-state index in [1.54, 1.807) is 0 Å². The summed E-state index contributed by atoms with van der Waals surface area (Å²) in [5.74, 6) is 0. The van der Waals surface area contributed by atoms with Crippen molar-refractivity contribution in [2.45, 2.75) is 19.5 Å². The van der Waals surface area contributed by atoms with Crippen molar-refractivity contribution in [1.29, 1.82) is 5.26 Å². The van der Waals surface area contributed by atoms with Crippen LogP contribution in [0.4, 0.5) is 0 Å². The zero-order chi connectivity index (χ0) is 14.5. The van der Waals surface area contributed by atoms with Crippen LogP contribution in [0.1, 0.15) is 29.7 Å². The SMILES string of the molecule is CC(c1ccc(Cl)cc1)N(C)Cc1ccccc1C#N. The Morgan fingerprint density at radius 3 is 2.45 bits per heavy atom. The first kappa shape index (κ1) is 14.6. The van der Waals surface area contributed by atoms with E-state index < -0.39 is 0 Å². The average Bonchev–Trinajstić information content (AvgIpc) is 2.48. The number of halogens is 1. The van der Waals surface area contributed by atoms with Gasteiger partial charge in [-0.1, -0.05) is 41.9 Å². The minimum absolute atomic E-state index is 0.263. The smallest absolute Gasteiger partial charge is 0.0995 e. The Balaban J connectivity index is 2.13. The van der Waals surface area contributed by atoms with Crippen LogP contribution < -0.4 is 0 Å². The first-order chi connectivity index (χ1) is 9.61. The molecule has 0 amide bonds. The van der Waals surface area contributed by atoms with Crippen LogP contribution in [0, 0.1) is 11.3 Å². The maximum Gasteiger partial charge on any atom is 0.0995 e. The average molecular weight is 285 g/mol. The zero-order valence-electron chi connectivity index (χ0n) is 11.7. The summed E-state index contributed by atoms with van der Waals surface area (Å²) in [5, 5.41) is 9.88. The van der Waals surface area contributed by atoms with Crippen LogP contribution in [0.2, 0.25) is 5.02 Å². The molecule has 0 bridgehead atoms. The van der Waals surface area contributed by atoms with Gasteiger partial charge in [0.2, 0.25) is 0 Å². The molecule has 0 N–H and O–H groups in total. The highest BCUT2D eigenvalue weighted by Gasteiger charge is 2.13. The summed E-state index contributed by atoms with van der Waals surface area (Å²) < 4.78 is 0. The lowest BCUT2D eigenvalue weighted by atomic mass is 10.0. The number of nitriles is 1. The van der Waals surface area contributed by atoms with E-state index in [9.17, 15) is 0 Å². The summed E-state index contributed by atoms with van der Waals surface area (Å²) in [6.45, 7) is 2.89. The maximum absolute atomic E-state index is 9.13. The summed E-state index contributed by atoms with van der Waals surface area (Å²) in [7, 11) is 2.06. The van der Waals surface area contributed by atoms with Crippen LogP contribution in [-0.4, -0.2) is 11.9 Å². The summed E-state index contributed by atoms with van der Waals surface area (Å²) in [6.07, 6.45) is 0. The van der Waals surface area contributed by atoms with Crippen LogP contribution >= 0.6 is 11.6 Å². The molecule has 1 unspecified atom stereocenters. The molecule has 0 saturated heterocycles. The maximum atomic E-state index is 9.13. The van der Waals surface area contributed by atoms with Crippen molar-refractivity contribution in [3.8, 4) is 6.07 Å². The van der Waals surface area contributed by atoms with Crippen molar-refractivity contribution < 1.29 is 0 Å².